The molecular weight excluding hydrogens is 575 g/mol. The molecule has 1 heterocycles. The van der Waals surface area contributed by atoms with Gasteiger partial charge in [0.1, 0.15) is 0 Å². The minimum absolute atomic E-state index is 1.13. The molecule has 8 aromatic carbocycles. The maximum atomic E-state index is 2.42. The third-order valence-corrected chi connectivity index (χ3v) is 10.2. The summed E-state index contributed by atoms with van der Waals surface area (Å²) in [6, 6.07) is 64.0. The third-order valence-electron chi connectivity index (χ3n) is 9.03. The second-order valence-electron chi connectivity index (χ2n) is 11.8. The van der Waals surface area contributed by atoms with Crippen LogP contribution in [0.2, 0.25) is 0 Å². The topological polar surface area (TPSA) is 3.24 Å². The van der Waals surface area contributed by atoms with Gasteiger partial charge in [-0.15, -0.1) is 11.3 Å². The molecule has 0 bridgehead atoms. The molecule has 2 heteroatoms. The quantitative estimate of drug-likeness (QED) is 0.189. The smallest absolute Gasteiger partial charge is 0.0540 e. The van der Waals surface area contributed by atoms with E-state index in [9.17, 15) is 0 Å². The van der Waals surface area contributed by atoms with Gasteiger partial charge >= 0.3 is 0 Å². The zero-order valence-corrected chi connectivity index (χ0v) is 25.9. The van der Waals surface area contributed by atoms with Crippen molar-refractivity contribution in [1.29, 1.82) is 0 Å². The van der Waals surface area contributed by atoms with Crippen LogP contribution >= 0.6 is 11.3 Å². The monoisotopic (exact) mass is 603 g/mol. The fourth-order valence-corrected chi connectivity index (χ4v) is 7.99. The van der Waals surface area contributed by atoms with Crippen molar-refractivity contribution in [1.82, 2.24) is 0 Å². The van der Waals surface area contributed by atoms with Crippen LogP contribution in [0.1, 0.15) is 0 Å². The number of rotatable bonds is 5. The second kappa shape index (κ2) is 11.0. The van der Waals surface area contributed by atoms with Crippen LogP contribution in [0.4, 0.5) is 17.1 Å². The first-order chi connectivity index (χ1) is 22.8. The molecule has 9 aromatic rings. The average molecular weight is 604 g/mol. The maximum absolute atomic E-state index is 2.42. The van der Waals surface area contributed by atoms with Gasteiger partial charge in [0.2, 0.25) is 0 Å². The van der Waals surface area contributed by atoms with E-state index in [0.29, 0.717) is 0 Å². The van der Waals surface area contributed by atoms with Crippen LogP contribution in [0.5, 0.6) is 0 Å². The summed E-state index contributed by atoms with van der Waals surface area (Å²) in [6.45, 7) is 0. The lowest BCUT2D eigenvalue weighted by molar-refractivity contribution is 1.30. The van der Waals surface area contributed by atoms with E-state index in [1.54, 1.807) is 0 Å². The van der Waals surface area contributed by atoms with Crippen molar-refractivity contribution in [2.45, 2.75) is 0 Å². The van der Waals surface area contributed by atoms with Crippen molar-refractivity contribution in [3.8, 4) is 22.3 Å². The zero-order valence-electron chi connectivity index (χ0n) is 25.1. The van der Waals surface area contributed by atoms with Crippen molar-refractivity contribution < 1.29 is 0 Å². The average Bonchev–Trinajstić information content (AvgIpc) is 3.50. The van der Waals surface area contributed by atoms with Gasteiger partial charge in [0.25, 0.3) is 0 Å². The van der Waals surface area contributed by atoms with Crippen LogP contribution in [-0.4, -0.2) is 0 Å². The van der Waals surface area contributed by atoms with Gasteiger partial charge in [-0.2, -0.15) is 0 Å². The standard InChI is InChI=1S/C44H29NS/c1-3-19-37-30(11-1)13-9-22-38(37)34-17-7-15-32(27-34)33-16-8-18-35(28-33)45(42-23-10-14-31-12-2-4-20-39(31)42)36-25-26-41-40-21-5-6-24-43(40)46-44(41)29-36/h1-29H. The number of fused-ring (bicyclic) bond motifs is 5. The van der Waals surface area contributed by atoms with Crippen LogP contribution in [0.3, 0.4) is 0 Å². The molecule has 0 aliphatic carbocycles. The van der Waals surface area contributed by atoms with Gasteiger partial charge in [0.05, 0.1) is 5.69 Å². The summed E-state index contributed by atoms with van der Waals surface area (Å²) >= 11 is 1.86. The Morgan fingerprint density at radius 3 is 1.80 bits per heavy atom. The van der Waals surface area contributed by atoms with E-state index >= 15 is 0 Å². The molecular formula is C44H29NS. The summed E-state index contributed by atoms with van der Waals surface area (Å²) < 4.78 is 2.61. The van der Waals surface area contributed by atoms with Crippen LogP contribution in [0, 0.1) is 0 Å². The van der Waals surface area contributed by atoms with E-state index in [-0.39, 0.29) is 0 Å². The van der Waals surface area contributed by atoms with Crippen LogP contribution in [-0.2, 0) is 0 Å². The predicted octanol–water partition coefficient (Wildman–Crippen LogP) is 13.2. The number of benzene rings is 8. The lowest BCUT2D eigenvalue weighted by Crippen LogP contribution is -2.10. The second-order valence-corrected chi connectivity index (χ2v) is 12.9. The molecule has 0 N–H and O–H groups in total. The Morgan fingerprint density at radius 1 is 0.348 bits per heavy atom. The maximum Gasteiger partial charge on any atom is 0.0540 e. The van der Waals surface area contributed by atoms with E-state index in [4.69, 9.17) is 0 Å². The Kier molecular flexibility index (Phi) is 6.40. The Labute approximate surface area is 272 Å². The largest absolute Gasteiger partial charge is 0.310 e. The molecule has 0 fully saturated rings. The minimum atomic E-state index is 1.13. The molecule has 1 nitrogen and oxygen atoms in total. The van der Waals surface area contributed by atoms with Crippen LogP contribution in [0.25, 0.3) is 64.0 Å². The van der Waals surface area contributed by atoms with Crippen LogP contribution < -0.4 is 4.90 Å². The Balaban J connectivity index is 1.21. The lowest BCUT2D eigenvalue weighted by atomic mass is 9.95. The van der Waals surface area contributed by atoms with Crippen molar-refractivity contribution >= 4 is 70.1 Å². The van der Waals surface area contributed by atoms with E-state index in [2.05, 4.69) is 181 Å². The predicted molar refractivity (Wildman–Crippen MR) is 200 cm³/mol. The molecule has 0 aliphatic rings. The molecule has 0 aliphatic heterocycles. The molecule has 0 unspecified atom stereocenters. The molecule has 0 amide bonds. The highest BCUT2D eigenvalue weighted by Gasteiger charge is 2.18. The Morgan fingerprint density at radius 2 is 0.935 bits per heavy atom. The summed E-state index contributed by atoms with van der Waals surface area (Å²) in [5.74, 6) is 0. The fraction of sp³-hybridized carbons (Fsp3) is 0. The molecule has 1 aromatic heterocycles. The first kappa shape index (κ1) is 26.7. The Hall–Kier alpha value is -5.70. The number of nitrogens with zero attached hydrogens (tertiary/aromatic N) is 1. The highest BCUT2D eigenvalue weighted by Crippen LogP contribution is 2.43. The highest BCUT2D eigenvalue weighted by molar-refractivity contribution is 7.25. The van der Waals surface area contributed by atoms with Gasteiger partial charge in [-0.05, 0) is 80.9 Å². The molecule has 216 valence electrons. The number of hydrogen-bond acceptors (Lipinski definition) is 2. The van der Waals surface area contributed by atoms with Crippen molar-refractivity contribution in [3.63, 3.8) is 0 Å². The minimum Gasteiger partial charge on any atom is -0.310 e. The first-order valence-electron chi connectivity index (χ1n) is 15.7. The SMILES string of the molecule is c1cc(-c2cccc(N(c3ccc4c(c3)sc3ccccc34)c3cccc4ccccc34)c2)cc(-c2cccc3ccccc23)c1. The van der Waals surface area contributed by atoms with Gasteiger partial charge in [-0.1, -0.05) is 133 Å². The van der Waals surface area contributed by atoms with Gasteiger partial charge in [-0.3, -0.25) is 0 Å². The number of thiophene rings is 1. The summed E-state index contributed by atoms with van der Waals surface area (Å²) in [5.41, 5.74) is 8.31. The van der Waals surface area contributed by atoms with Crippen LogP contribution in [0.15, 0.2) is 176 Å². The summed E-state index contributed by atoms with van der Waals surface area (Å²) in [7, 11) is 0. The molecule has 0 radical (unpaired) electrons. The van der Waals surface area contributed by atoms with Gasteiger partial charge in [-0.25, -0.2) is 0 Å². The van der Waals surface area contributed by atoms with E-state index in [1.807, 2.05) is 11.3 Å². The zero-order chi connectivity index (χ0) is 30.5. The summed E-state index contributed by atoms with van der Waals surface area (Å²) in [5, 5.41) is 7.61. The summed E-state index contributed by atoms with van der Waals surface area (Å²) in [6.07, 6.45) is 0. The molecule has 9 rings (SSSR count). The molecule has 0 saturated carbocycles. The molecule has 0 atom stereocenters. The fourth-order valence-electron chi connectivity index (χ4n) is 6.85. The van der Waals surface area contributed by atoms with Gasteiger partial charge in [0, 0.05) is 36.9 Å². The highest BCUT2D eigenvalue weighted by atomic mass is 32.1. The van der Waals surface area contributed by atoms with E-state index in [1.165, 1.54) is 69.7 Å². The Bertz CT molecular complexity index is 2550. The molecule has 46 heavy (non-hydrogen) atoms. The van der Waals surface area contributed by atoms with Crippen molar-refractivity contribution in [2.75, 3.05) is 4.90 Å². The van der Waals surface area contributed by atoms with Crippen molar-refractivity contribution in [2.24, 2.45) is 0 Å². The van der Waals surface area contributed by atoms with E-state index < -0.39 is 0 Å². The number of anilines is 3. The normalized spacial score (nSPS) is 11.5. The molecule has 0 spiro atoms. The van der Waals surface area contributed by atoms with Gasteiger partial charge < -0.3 is 4.90 Å². The first-order valence-corrected chi connectivity index (χ1v) is 16.5. The van der Waals surface area contributed by atoms with E-state index in [0.717, 1.165) is 11.4 Å². The molecule has 0 saturated heterocycles. The van der Waals surface area contributed by atoms with Gasteiger partial charge in [0.15, 0.2) is 0 Å². The number of hydrogen-bond donors (Lipinski definition) is 0. The summed E-state index contributed by atoms with van der Waals surface area (Å²) in [4.78, 5) is 2.42. The third kappa shape index (κ3) is 4.54. The lowest BCUT2D eigenvalue weighted by Gasteiger charge is -2.27. The van der Waals surface area contributed by atoms with Crippen molar-refractivity contribution in [3.05, 3.63) is 176 Å².